The second-order valence-corrected chi connectivity index (χ2v) is 7.55. The molecule has 19 heavy (non-hydrogen) atoms. The quantitative estimate of drug-likeness (QED) is 0.749. The molecule has 2 nitrogen and oxygen atoms in total. The maximum absolute atomic E-state index is 5.92. The van der Waals surface area contributed by atoms with Gasteiger partial charge in [0.25, 0.3) is 0 Å². The Kier molecular flexibility index (Phi) is 4.40. The van der Waals surface area contributed by atoms with Crippen molar-refractivity contribution in [3.05, 3.63) is 28.5 Å². The molecule has 1 aromatic heterocycles. The summed E-state index contributed by atoms with van der Waals surface area (Å²) in [5.41, 5.74) is 2.30. The summed E-state index contributed by atoms with van der Waals surface area (Å²) in [6.45, 7) is 1.06. The molecular weight excluding hydrogens is 344 g/mol. The molecule has 0 bridgehead atoms. The van der Waals surface area contributed by atoms with Crippen LogP contribution in [0.15, 0.2) is 22.7 Å². The van der Waals surface area contributed by atoms with Crippen molar-refractivity contribution in [2.45, 2.75) is 31.1 Å². The summed E-state index contributed by atoms with van der Waals surface area (Å²) in [5, 5.41) is 0.727. The molecule has 1 atom stereocenters. The number of thioether (sulfide) groups is 1. The van der Waals surface area contributed by atoms with Crippen LogP contribution >= 0.6 is 39.3 Å². The molecule has 0 saturated carbocycles. The summed E-state index contributed by atoms with van der Waals surface area (Å²) in [5.74, 6) is 3.05. The molecule has 5 heteroatoms. The number of aryl methyl sites for hydroxylation is 1. The van der Waals surface area contributed by atoms with Gasteiger partial charge in [0, 0.05) is 28.6 Å². The standard InChI is InChI=1S/C14H16BrClN2S/c15-10-3-4-12-13(8-10)18(14(17-12)5-6-16)9-11-2-1-7-19-11/h3-4,8,11H,1-2,5-7,9H2. The molecule has 1 unspecified atom stereocenters. The number of nitrogens with zero attached hydrogens (tertiary/aromatic N) is 2. The summed E-state index contributed by atoms with van der Waals surface area (Å²) in [6.07, 6.45) is 3.50. The topological polar surface area (TPSA) is 17.8 Å². The number of hydrogen-bond acceptors (Lipinski definition) is 2. The van der Waals surface area contributed by atoms with E-state index >= 15 is 0 Å². The van der Waals surface area contributed by atoms with Gasteiger partial charge < -0.3 is 4.57 Å². The third-order valence-electron chi connectivity index (χ3n) is 3.52. The summed E-state index contributed by atoms with van der Waals surface area (Å²) in [6, 6.07) is 6.30. The minimum absolute atomic E-state index is 0.627. The number of benzene rings is 1. The van der Waals surface area contributed by atoms with Gasteiger partial charge >= 0.3 is 0 Å². The van der Waals surface area contributed by atoms with Crippen LogP contribution in [0.4, 0.5) is 0 Å². The maximum Gasteiger partial charge on any atom is 0.111 e. The van der Waals surface area contributed by atoms with Crippen LogP contribution in [-0.2, 0) is 13.0 Å². The minimum atomic E-state index is 0.627. The molecule has 0 amide bonds. The predicted molar refractivity (Wildman–Crippen MR) is 87.3 cm³/mol. The van der Waals surface area contributed by atoms with Gasteiger partial charge in [-0.15, -0.1) is 11.6 Å². The van der Waals surface area contributed by atoms with Crippen LogP contribution < -0.4 is 0 Å². The molecule has 0 radical (unpaired) electrons. The van der Waals surface area contributed by atoms with Gasteiger partial charge in [0.1, 0.15) is 5.82 Å². The average Bonchev–Trinajstić information content (AvgIpc) is 3.00. The lowest BCUT2D eigenvalue weighted by molar-refractivity contribution is 0.627. The first-order valence-electron chi connectivity index (χ1n) is 6.60. The number of aromatic nitrogens is 2. The van der Waals surface area contributed by atoms with Gasteiger partial charge in [-0.25, -0.2) is 4.98 Å². The van der Waals surface area contributed by atoms with Crippen molar-refractivity contribution < 1.29 is 0 Å². The first-order valence-corrected chi connectivity index (χ1v) is 8.98. The first kappa shape index (κ1) is 13.8. The van der Waals surface area contributed by atoms with Gasteiger partial charge in [0.15, 0.2) is 0 Å². The van der Waals surface area contributed by atoms with E-state index in [9.17, 15) is 0 Å². The van der Waals surface area contributed by atoms with Crippen LogP contribution in [0.1, 0.15) is 18.7 Å². The molecule has 0 aliphatic carbocycles. The lowest BCUT2D eigenvalue weighted by Crippen LogP contribution is -2.13. The second-order valence-electron chi connectivity index (χ2n) is 4.85. The number of hydrogen-bond donors (Lipinski definition) is 0. The monoisotopic (exact) mass is 358 g/mol. The molecule has 2 aromatic rings. The van der Waals surface area contributed by atoms with Crippen LogP contribution in [0.25, 0.3) is 11.0 Å². The highest BCUT2D eigenvalue weighted by Gasteiger charge is 2.19. The van der Waals surface area contributed by atoms with Crippen LogP contribution in [0.3, 0.4) is 0 Å². The lowest BCUT2D eigenvalue weighted by Gasteiger charge is -2.13. The van der Waals surface area contributed by atoms with E-state index in [0.717, 1.165) is 34.0 Å². The number of alkyl halides is 1. The van der Waals surface area contributed by atoms with Crippen molar-refractivity contribution in [3.63, 3.8) is 0 Å². The smallest absolute Gasteiger partial charge is 0.111 e. The number of halogens is 2. The van der Waals surface area contributed by atoms with Crippen molar-refractivity contribution in [3.8, 4) is 0 Å². The molecule has 1 aliphatic heterocycles. The van der Waals surface area contributed by atoms with Crippen LogP contribution in [-0.4, -0.2) is 26.4 Å². The first-order chi connectivity index (χ1) is 9.28. The number of imidazole rings is 1. The van der Waals surface area contributed by atoms with Crippen molar-refractivity contribution >= 4 is 50.3 Å². The van der Waals surface area contributed by atoms with E-state index in [4.69, 9.17) is 16.6 Å². The fraction of sp³-hybridized carbons (Fsp3) is 0.500. The van der Waals surface area contributed by atoms with E-state index in [1.807, 2.05) is 0 Å². The van der Waals surface area contributed by atoms with Crippen molar-refractivity contribution in [2.24, 2.45) is 0 Å². The predicted octanol–water partition coefficient (Wildman–Crippen LogP) is 4.48. The summed E-state index contributed by atoms with van der Waals surface area (Å²) in [4.78, 5) is 4.73. The molecule has 1 fully saturated rings. The Labute approximate surface area is 131 Å². The molecule has 2 heterocycles. The summed E-state index contributed by atoms with van der Waals surface area (Å²) in [7, 11) is 0. The third-order valence-corrected chi connectivity index (χ3v) is 5.58. The minimum Gasteiger partial charge on any atom is -0.327 e. The van der Waals surface area contributed by atoms with Crippen molar-refractivity contribution in [1.29, 1.82) is 0 Å². The average molecular weight is 360 g/mol. The van der Waals surface area contributed by atoms with E-state index in [-0.39, 0.29) is 0 Å². The van der Waals surface area contributed by atoms with E-state index in [2.05, 4.69) is 50.5 Å². The van der Waals surface area contributed by atoms with E-state index in [1.165, 1.54) is 24.1 Å². The second kappa shape index (κ2) is 6.06. The zero-order chi connectivity index (χ0) is 13.2. The molecule has 0 N–H and O–H groups in total. The lowest BCUT2D eigenvalue weighted by atomic mass is 10.2. The highest BCUT2D eigenvalue weighted by atomic mass is 79.9. The molecule has 3 rings (SSSR count). The van der Waals surface area contributed by atoms with Crippen molar-refractivity contribution in [1.82, 2.24) is 9.55 Å². The molecule has 102 valence electrons. The zero-order valence-corrected chi connectivity index (χ0v) is 13.8. The Balaban J connectivity index is 2.01. The van der Waals surface area contributed by atoms with Crippen molar-refractivity contribution in [2.75, 3.05) is 11.6 Å². The largest absolute Gasteiger partial charge is 0.327 e. The Hall–Kier alpha value is -0.190. The Bertz CT molecular complexity index is 578. The van der Waals surface area contributed by atoms with E-state index in [1.54, 1.807) is 0 Å². The van der Waals surface area contributed by atoms with E-state index < -0.39 is 0 Å². The maximum atomic E-state index is 5.92. The molecule has 1 saturated heterocycles. The number of rotatable bonds is 4. The third kappa shape index (κ3) is 2.96. The Morgan fingerprint density at radius 1 is 1.47 bits per heavy atom. The van der Waals surface area contributed by atoms with E-state index in [0.29, 0.717) is 5.88 Å². The highest BCUT2D eigenvalue weighted by molar-refractivity contribution is 9.10. The fourth-order valence-corrected chi connectivity index (χ4v) is 4.39. The van der Waals surface area contributed by atoms with Crippen LogP contribution in [0, 0.1) is 0 Å². The molecular formula is C14H16BrClN2S. The van der Waals surface area contributed by atoms with Crippen LogP contribution in [0.5, 0.6) is 0 Å². The normalized spacial score (nSPS) is 19.4. The zero-order valence-electron chi connectivity index (χ0n) is 10.6. The highest BCUT2D eigenvalue weighted by Crippen LogP contribution is 2.30. The van der Waals surface area contributed by atoms with Gasteiger partial charge in [-0.05, 0) is 36.8 Å². The molecule has 1 aromatic carbocycles. The number of fused-ring (bicyclic) bond motifs is 1. The van der Waals surface area contributed by atoms with Gasteiger partial charge in [-0.2, -0.15) is 11.8 Å². The van der Waals surface area contributed by atoms with Gasteiger partial charge in [0.2, 0.25) is 0 Å². The van der Waals surface area contributed by atoms with Gasteiger partial charge in [-0.1, -0.05) is 15.9 Å². The molecule has 0 spiro atoms. The Morgan fingerprint density at radius 2 is 2.37 bits per heavy atom. The van der Waals surface area contributed by atoms with Gasteiger partial charge in [-0.3, -0.25) is 0 Å². The van der Waals surface area contributed by atoms with Crippen LogP contribution in [0.2, 0.25) is 0 Å². The van der Waals surface area contributed by atoms with Gasteiger partial charge in [0.05, 0.1) is 11.0 Å². The fourth-order valence-electron chi connectivity index (χ4n) is 2.62. The molecule has 1 aliphatic rings. The Morgan fingerprint density at radius 3 is 3.11 bits per heavy atom. The summed E-state index contributed by atoms with van der Waals surface area (Å²) < 4.78 is 3.48. The summed E-state index contributed by atoms with van der Waals surface area (Å²) >= 11 is 11.6. The SMILES string of the molecule is ClCCc1nc2ccc(Br)cc2n1CC1CCCS1.